The fraction of sp³-hybridized carbons (Fsp3) is 0.250. The minimum absolute atomic E-state index is 0.0234. The first-order chi connectivity index (χ1) is 14.2. The minimum atomic E-state index is -0.114. The van der Waals surface area contributed by atoms with Gasteiger partial charge in [-0.05, 0) is 39.9 Å². The van der Waals surface area contributed by atoms with Gasteiger partial charge in [0.25, 0.3) is 5.91 Å². The van der Waals surface area contributed by atoms with Gasteiger partial charge in [-0.3, -0.25) is 4.79 Å². The van der Waals surface area contributed by atoms with Gasteiger partial charge in [-0.25, -0.2) is 0 Å². The predicted octanol–water partition coefficient (Wildman–Crippen LogP) is 4.28. The number of aliphatic hydroxyl groups is 1. The van der Waals surface area contributed by atoms with Crippen LogP contribution in [0.25, 0.3) is 21.9 Å². The van der Waals surface area contributed by atoms with E-state index in [1.807, 2.05) is 67.6 Å². The quantitative estimate of drug-likeness (QED) is 0.662. The topological polar surface area (TPSA) is 70.9 Å². The van der Waals surface area contributed by atoms with Gasteiger partial charge in [0.1, 0.15) is 6.10 Å². The number of rotatable bonds is 6. The second-order valence-corrected chi connectivity index (χ2v) is 7.21. The molecular weight excluding hydrogens is 364 g/mol. The van der Waals surface area contributed by atoms with Gasteiger partial charge in [0.2, 0.25) is 0 Å². The summed E-state index contributed by atoms with van der Waals surface area (Å²) in [6.07, 6.45) is 1.54. The maximum Gasteiger partial charge on any atom is 0.252 e. The molecule has 1 aliphatic rings. The van der Waals surface area contributed by atoms with E-state index in [0.717, 1.165) is 46.0 Å². The molecule has 0 spiro atoms. The van der Waals surface area contributed by atoms with Crippen molar-refractivity contribution in [1.82, 2.24) is 5.32 Å². The van der Waals surface area contributed by atoms with Crippen LogP contribution < -0.4 is 5.32 Å². The highest BCUT2D eigenvalue weighted by Crippen LogP contribution is 2.31. The third-order valence-electron chi connectivity index (χ3n) is 5.31. The van der Waals surface area contributed by atoms with Crippen LogP contribution in [0.2, 0.25) is 0 Å². The zero-order chi connectivity index (χ0) is 20.2. The van der Waals surface area contributed by atoms with Crippen molar-refractivity contribution in [3.05, 3.63) is 71.8 Å². The number of benzene rings is 3. The SMILES string of the molecule is CCC1=NOC(CNC(=O)c2ccc(-c3ccc(CO)cc3)c3ccccc23)C1. The van der Waals surface area contributed by atoms with Gasteiger partial charge >= 0.3 is 0 Å². The number of carbonyl (C=O) groups is 1. The summed E-state index contributed by atoms with van der Waals surface area (Å²) in [5, 5.41) is 18.2. The molecule has 1 amide bonds. The Bertz CT molecular complexity index is 1060. The molecule has 0 bridgehead atoms. The van der Waals surface area contributed by atoms with Gasteiger partial charge < -0.3 is 15.3 Å². The molecule has 0 fully saturated rings. The van der Waals surface area contributed by atoms with Crippen molar-refractivity contribution in [3.63, 3.8) is 0 Å². The zero-order valence-electron chi connectivity index (χ0n) is 16.4. The summed E-state index contributed by atoms with van der Waals surface area (Å²) in [6, 6.07) is 19.6. The van der Waals surface area contributed by atoms with E-state index >= 15 is 0 Å². The van der Waals surface area contributed by atoms with E-state index in [4.69, 9.17) is 4.84 Å². The lowest BCUT2D eigenvalue weighted by molar-refractivity contribution is 0.0754. The average molecular weight is 388 g/mol. The molecule has 1 atom stereocenters. The summed E-state index contributed by atoms with van der Waals surface area (Å²) in [5.74, 6) is -0.114. The van der Waals surface area contributed by atoms with E-state index in [0.29, 0.717) is 12.1 Å². The predicted molar refractivity (Wildman–Crippen MR) is 115 cm³/mol. The summed E-state index contributed by atoms with van der Waals surface area (Å²) >= 11 is 0. The van der Waals surface area contributed by atoms with Crippen molar-refractivity contribution in [3.8, 4) is 11.1 Å². The molecule has 5 nitrogen and oxygen atoms in total. The Morgan fingerprint density at radius 3 is 2.55 bits per heavy atom. The van der Waals surface area contributed by atoms with Crippen LogP contribution in [0.15, 0.2) is 65.8 Å². The highest BCUT2D eigenvalue weighted by Gasteiger charge is 2.21. The molecule has 2 N–H and O–H groups in total. The lowest BCUT2D eigenvalue weighted by atomic mass is 9.94. The van der Waals surface area contributed by atoms with Crippen LogP contribution in [0, 0.1) is 0 Å². The van der Waals surface area contributed by atoms with E-state index in [1.165, 1.54) is 0 Å². The molecule has 0 radical (unpaired) electrons. The number of hydrogen-bond donors (Lipinski definition) is 2. The molecule has 0 aliphatic carbocycles. The largest absolute Gasteiger partial charge is 0.392 e. The first-order valence-electron chi connectivity index (χ1n) is 9.91. The molecule has 3 aromatic carbocycles. The summed E-state index contributed by atoms with van der Waals surface area (Å²) in [6.45, 7) is 2.51. The second-order valence-electron chi connectivity index (χ2n) is 7.21. The number of amides is 1. The Balaban J connectivity index is 1.58. The molecule has 4 rings (SSSR count). The maximum absolute atomic E-state index is 12.9. The zero-order valence-corrected chi connectivity index (χ0v) is 16.4. The van der Waals surface area contributed by atoms with Crippen LogP contribution >= 0.6 is 0 Å². The first-order valence-corrected chi connectivity index (χ1v) is 9.91. The van der Waals surface area contributed by atoms with E-state index in [9.17, 15) is 9.90 Å². The van der Waals surface area contributed by atoms with Crippen LogP contribution in [0.1, 0.15) is 35.7 Å². The number of nitrogens with one attached hydrogen (secondary N) is 1. The smallest absolute Gasteiger partial charge is 0.252 e. The number of nitrogens with zero attached hydrogens (tertiary/aromatic N) is 1. The molecule has 0 saturated heterocycles. The molecule has 3 aromatic rings. The number of carbonyl (C=O) groups excluding carboxylic acids is 1. The molecule has 148 valence electrons. The van der Waals surface area contributed by atoms with Crippen LogP contribution in [0.3, 0.4) is 0 Å². The van der Waals surface area contributed by atoms with Gasteiger partial charge in [0.05, 0.1) is 18.9 Å². The fourth-order valence-corrected chi connectivity index (χ4v) is 3.65. The van der Waals surface area contributed by atoms with Gasteiger partial charge in [-0.2, -0.15) is 0 Å². The first kappa shape index (κ1) is 19.2. The second kappa shape index (κ2) is 8.45. The van der Waals surface area contributed by atoms with Gasteiger partial charge in [0, 0.05) is 12.0 Å². The normalized spacial score (nSPS) is 15.8. The third kappa shape index (κ3) is 4.00. The molecule has 1 heterocycles. The van der Waals surface area contributed by atoms with Gasteiger partial charge in [-0.1, -0.05) is 66.7 Å². The van der Waals surface area contributed by atoms with E-state index < -0.39 is 0 Å². The van der Waals surface area contributed by atoms with Crippen LogP contribution in [0.4, 0.5) is 0 Å². The van der Waals surface area contributed by atoms with Crippen molar-refractivity contribution in [2.24, 2.45) is 5.16 Å². The molecular formula is C24H24N2O3. The number of fused-ring (bicyclic) bond motifs is 1. The molecule has 1 unspecified atom stereocenters. The van der Waals surface area contributed by atoms with Gasteiger partial charge in [0.15, 0.2) is 0 Å². The van der Waals surface area contributed by atoms with E-state index in [-0.39, 0.29) is 18.6 Å². The van der Waals surface area contributed by atoms with Gasteiger partial charge in [-0.15, -0.1) is 0 Å². The number of hydrogen-bond acceptors (Lipinski definition) is 4. The highest BCUT2D eigenvalue weighted by molar-refractivity contribution is 6.11. The highest BCUT2D eigenvalue weighted by atomic mass is 16.6. The number of aliphatic hydroxyl groups excluding tert-OH is 1. The van der Waals surface area contributed by atoms with E-state index in [2.05, 4.69) is 10.5 Å². The Kier molecular flexibility index (Phi) is 5.58. The maximum atomic E-state index is 12.9. The Labute approximate surface area is 170 Å². The number of oxime groups is 1. The van der Waals surface area contributed by atoms with Crippen LogP contribution in [-0.2, 0) is 11.4 Å². The van der Waals surface area contributed by atoms with E-state index in [1.54, 1.807) is 0 Å². The monoisotopic (exact) mass is 388 g/mol. The third-order valence-corrected chi connectivity index (χ3v) is 5.31. The minimum Gasteiger partial charge on any atom is -0.392 e. The van der Waals surface area contributed by atoms with Crippen molar-refractivity contribution < 1.29 is 14.7 Å². The van der Waals surface area contributed by atoms with Crippen molar-refractivity contribution in [2.75, 3.05) is 6.54 Å². The van der Waals surface area contributed by atoms with Crippen molar-refractivity contribution in [2.45, 2.75) is 32.5 Å². The molecule has 0 aromatic heterocycles. The van der Waals surface area contributed by atoms with Crippen LogP contribution in [0.5, 0.6) is 0 Å². The summed E-state index contributed by atoms with van der Waals surface area (Å²) in [4.78, 5) is 18.2. The Morgan fingerprint density at radius 2 is 1.86 bits per heavy atom. The molecule has 29 heavy (non-hydrogen) atoms. The van der Waals surface area contributed by atoms with Crippen LogP contribution in [-0.4, -0.2) is 29.4 Å². The van der Waals surface area contributed by atoms with Crippen molar-refractivity contribution in [1.29, 1.82) is 0 Å². The van der Waals surface area contributed by atoms with Crippen molar-refractivity contribution >= 4 is 22.4 Å². The Morgan fingerprint density at radius 1 is 1.10 bits per heavy atom. The lowest BCUT2D eigenvalue weighted by Crippen LogP contribution is -2.32. The average Bonchev–Trinajstić information content (AvgIpc) is 3.25. The molecule has 5 heteroatoms. The summed E-state index contributed by atoms with van der Waals surface area (Å²) < 4.78 is 0. The lowest BCUT2D eigenvalue weighted by Gasteiger charge is -2.14. The Hall–Kier alpha value is -3.18. The summed E-state index contributed by atoms with van der Waals surface area (Å²) in [7, 11) is 0. The standard InChI is InChI=1S/C24H24N2O3/c1-2-18-13-19(29-26-18)14-25-24(28)23-12-11-20(21-5-3-4-6-22(21)23)17-9-7-16(15-27)8-10-17/h3-12,19,27H,2,13-15H2,1H3,(H,25,28). The fourth-order valence-electron chi connectivity index (χ4n) is 3.65. The summed E-state index contributed by atoms with van der Waals surface area (Å²) in [5.41, 5.74) is 4.66. The molecule has 1 aliphatic heterocycles. The molecule has 0 saturated carbocycles.